The van der Waals surface area contributed by atoms with Crippen LogP contribution in [0.3, 0.4) is 0 Å². The first kappa shape index (κ1) is 14.8. The number of methoxy groups -OCH3 is 1. The average molecular weight is 337 g/mol. The van der Waals surface area contributed by atoms with E-state index in [-0.39, 0.29) is 0 Å². The van der Waals surface area contributed by atoms with Crippen molar-refractivity contribution in [2.75, 3.05) is 13.7 Å². The highest BCUT2D eigenvalue weighted by atomic mass is 79.9. The van der Waals surface area contributed by atoms with Crippen molar-refractivity contribution < 1.29 is 9.47 Å². The van der Waals surface area contributed by atoms with Crippen molar-refractivity contribution in [2.45, 2.75) is 13.0 Å². The quantitative estimate of drug-likeness (QED) is 0.881. The molecular formula is C15H17BrN2O2. The number of nitrogens with two attached hydrogens (primary N) is 1. The highest BCUT2D eigenvalue weighted by molar-refractivity contribution is 9.10. The van der Waals surface area contributed by atoms with E-state index in [1.165, 1.54) is 0 Å². The molecule has 0 saturated heterocycles. The van der Waals surface area contributed by atoms with Gasteiger partial charge in [-0.15, -0.1) is 0 Å². The van der Waals surface area contributed by atoms with Gasteiger partial charge >= 0.3 is 0 Å². The van der Waals surface area contributed by atoms with E-state index in [1.54, 1.807) is 13.3 Å². The summed E-state index contributed by atoms with van der Waals surface area (Å²) in [5.74, 6) is 1.38. The Labute approximate surface area is 127 Å². The molecule has 2 aromatic rings. The first-order valence-corrected chi connectivity index (χ1v) is 7.13. The largest absolute Gasteiger partial charge is 0.493 e. The van der Waals surface area contributed by atoms with Crippen LogP contribution in [0.5, 0.6) is 11.5 Å². The lowest BCUT2D eigenvalue weighted by Gasteiger charge is -2.13. The molecule has 0 spiro atoms. The Bertz CT molecular complexity index is 561. The fourth-order valence-electron chi connectivity index (χ4n) is 1.83. The van der Waals surface area contributed by atoms with E-state index in [9.17, 15) is 0 Å². The summed E-state index contributed by atoms with van der Waals surface area (Å²) < 4.78 is 12.0. The van der Waals surface area contributed by atoms with Crippen molar-refractivity contribution in [3.63, 3.8) is 0 Å². The predicted molar refractivity (Wildman–Crippen MR) is 82.0 cm³/mol. The van der Waals surface area contributed by atoms with Gasteiger partial charge in [-0.3, -0.25) is 4.98 Å². The van der Waals surface area contributed by atoms with Crippen LogP contribution in [0, 0.1) is 0 Å². The van der Waals surface area contributed by atoms with E-state index in [4.69, 9.17) is 15.2 Å². The Balaban J connectivity index is 2.05. The van der Waals surface area contributed by atoms with E-state index in [0.717, 1.165) is 22.2 Å². The molecule has 4 nitrogen and oxygen atoms in total. The van der Waals surface area contributed by atoms with Gasteiger partial charge in [-0.25, -0.2) is 0 Å². The van der Waals surface area contributed by atoms with Gasteiger partial charge in [-0.1, -0.05) is 6.07 Å². The molecule has 0 unspecified atom stereocenters. The van der Waals surface area contributed by atoms with Crippen LogP contribution in [0.4, 0.5) is 0 Å². The number of rotatable bonds is 6. The molecule has 1 aromatic carbocycles. The molecule has 2 N–H and O–H groups in total. The van der Waals surface area contributed by atoms with E-state index < -0.39 is 0 Å². The summed E-state index contributed by atoms with van der Waals surface area (Å²) in [7, 11) is 1.62. The molecule has 1 heterocycles. The first-order valence-electron chi connectivity index (χ1n) is 6.33. The van der Waals surface area contributed by atoms with Crippen LogP contribution in [0.15, 0.2) is 41.0 Å². The Kier molecular flexibility index (Phi) is 5.38. The van der Waals surface area contributed by atoms with Gasteiger partial charge in [-0.05, 0) is 45.8 Å². The van der Waals surface area contributed by atoms with Crippen LogP contribution in [-0.4, -0.2) is 18.7 Å². The van der Waals surface area contributed by atoms with Gasteiger partial charge in [-0.2, -0.15) is 0 Å². The molecule has 0 radical (unpaired) electrons. The molecule has 0 aliphatic carbocycles. The van der Waals surface area contributed by atoms with Gasteiger partial charge in [0.1, 0.15) is 0 Å². The normalized spacial score (nSPS) is 10.3. The monoisotopic (exact) mass is 336 g/mol. The summed E-state index contributed by atoms with van der Waals surface area (Å²) in [4.78, 5) is 4.26. The lowest BCUT2D eigenvalue weighted by Crippen LogP contribution is -2.05. The lowest BCUT2D eigenvalue weighted by atomic mass is 10.2. The van der Waals surface area contributed by atoms with Crippen molar-refractivity contribution >= 4 is 15.9 Å². The van der Waals surface area contributed by atoms with E-state index in [2.05, 4.69) is 20.9 Å². The minimum Gasteiger partial charge on any atom is -0.493 e. The minimum absolute atomic E-state index is 0.461. The molecule has 0 atom stereocenters. The third kappa shape index (κ3) is 3.71. The Morgan fingerprint density at radius 1 is 1.30 bits per heavy atom. The van der Waals surface area contributed by atoms with Crippen LogP contribution in [0.2, 0.25) is 0 Å². The fourth-order valence-corrected chi connectivity index (χ4v) is 2.44. The first-order chi connectivity index (χ1) is 9.74. The molecule has 0 amide bonds. The number of ether oxygens (including phenoxy) is 2. The van der Waals surface area contributed by atoms with Crippen molar-refractivity contribution in [3.8, 4) is 11.5 Å². The smallest absolute Gasteiger partial charge is 0.175 e. The molecule has 1 aromatic heterocycles. The SMILES string of the molecule is COc1cc(CN)cc(Br)c1OCCc1ccccn1. The standard InChI is InChI=1S/C15H17BrN2O2/c1-19-14-9-11(10-17)8-13(16)15(14)20-7-5-12-4-2-3-6-18-12/h2-4,6,8-9H,5,7,10,17H2,1H3. The molecule has 106 valence electrons. The molecular weight excluding hydrogens is 320 g/mol. The summed E-state index contributed by atoms with van der Waals surface area (Å²) in [5.41, 5.74) is 7.64. The van der Waals surface area contributed by atoms with Crippen molar-refractivity contribution in [1.82, 2.24) is 4.98 Å². The summed E-state index contributed by atoms with van der Waals surface area (Å²) in [6.45, 7) is 0.997. The maximum atomic E-state index is 5.81. The Hall–Kier alpha value is -1.59. The van der Waals surface area contributed by atoms with E-state index >= 15 is 0 Å². The molecule has 20 heavy (non-hydrogen) atoms. The third-order valence-corrected chi connectivity index (χ3v) is 3.44. The molecule has 0 saturated carbocycles. The topological polar surface area (TPSA) is 57.4 Å². The van der Waals surface area contributed by atoms with Crippen LogP contribution < -0.4 is 15.2 Å². The maximum absolute atomic E-state index is 5.81. The van der Waals surface area contributed by atoms with Crippen LogP contribution in [0.1, 0.15) is 11.3 Å². The van der Waals surface area contributed by atoms with E-state index in [1.807, 2.05) is 30.3 Å². The summed E-state index contributed by atoms with van der Waals surface area (Å²) in [6.07, 6.45) is 2.52. The number of benzene rings is 1. The second kappa shape index (κ2) is 7.26. The van der Waals surface area contributed by atoms with Gasteiger partial charge in [0.15, 0.2) is 11.5 Å². The number of hydrogen-bond acceptors (Lipinski definition) is 4. The number of nitrogens with zero attached hydrogens (tertiary/aromatic N) is 1. The third-order valence-electron chi connectivity index (χ3n) is 2.86. The van der Waals surface area contributed by atoms with Gasteiger partial charge in [0.2, 0.25) is 0 Å². The zero-order valence-corrected chi connectivity index (χ0v) is 12.9. The van der Waals surface area contributed by atoms with Crippen LogP contribution in [0.25, 0.3) is 0 Å². The zero-order valence-electron chi connectivity index (χ0n) is 11.3. The van der Waals surface area contributed by atoms with Gasteiger partial charge in [0.25, 0.3) is 0 Å². The van der Waals surface area contributed by atoms with Gasteiger partial charge < -0.3 is 15.2 Å². The number of aromatic nitrogens is 1. The number of pyridine rings is 1. The van der Waals surface area contributed by atoms with Crippen molar-refractivity contribution in [1.29, 1.82) is 0 Å². The molecule has 0 fully saturated rings. The van der Waals surface area contributed by atoms with Crippen molar-refractivity contribution in [2.24, 2.45) is 5.73 Å². The number of halogens is 1. The number of hydrogen-bond donors (Lipinski definition) is 1. The molecule has 0 bridgehead atoms. The van der Waals surface area contributed by atoms with Crippen LogP contribution >= 0.6 is 15.9 Å². The fraction of sp³-hybridized carbons (Fsp3) is 0.267. The minimum atomic E-state index is 0.461. The molecule has 5 heteroatoms. The van der Waals surface area contributed by atoms with E-state index in [0.29, 0.717) is 24.7 Å². The second-order valence-corrected chi connectivity index (χ2v) is 5.09. The van der Waals surface area contributed by atoms with Crippen molar-refractivity contribution in [3.05, 3.63) is 52.3 Å². The summed E-state index contributed by atoms with van der Waals surface area (Å²) in [6, 6.07) is 9.68. The Morgan fingerprint density at radius 2 is 2.15 bits per heavy atom. The van der Waals surface area contributed by atoms with Gasteiger partial charge in [0, 0.05) is 24.9 Å². The molecule has 2 rings (SSSR count). The van der Waals surface area contributed by atoms with Crippen LogP contribution in [-0.2, 0) is 13.0 Å². The zero-order chi connectivity index (χ0) is 14.4. The average Bonchev–Trinajstić information content (AvgIpc) is 2.49. The molecule has 0 aliphatic rings. The highest BCUT2D eigenvalue weighted by Crippen LogP contribution is 2.36. The van der Waals surface area contributed by atoms with Gasteiger partial charge in [0.05, 0.1) is 18.2 Å². The second-order valence-electron chi connectivity index (χ2n) is 4.23. The highest BCUT2D eigenvalue weighted by Gasteiger charge is 2.11. The Morgan fingerprint density at radius 3 is 2.80 bits per heavy atom. The summed E-state index contributed by atoms with van der Waals surface area (Å²) >= 11 is 3.49. The predicted octanol–water partition coefficient (Wildman–Crippen LogP) is 2.93. The maximum Gasteiger partial charge on any atom is 0.175 e. The molecule has 0 aliphatic heterocycles. The summed E-state index contributed by atoms with van der Waals surface area (Å²) in [5, 5.41) is 0. The lowest BCUT2D eigenvalue weighted by molar-refractivity contribution is 0.294.